The van der Waals surface area contributed by atoms with Crippen molar-refractivity contribution in [2.75, 3.05) is 6.61 Å². The summed E-state index contributed by atoms with van der Waals surface area (Å²) in [5, 5.41) is 48.1. The molecule has 2 heterocycles. The molecular weight excluding hydrogens is 376 g/mol. The summed E-state index contributed by atoms with van der Waals surface area (Å²) in [7, 11) is 0. The van der Waals surface area contributed by atoms with Gasteiger partial charge in [-0.15, -0.1) is 0 Å². The van der Waals surface area contributed by atoms with E-state index in [-0.39, 0.29) is 30.7 Å². The van der Waals surface area contributed by atoms with Gasteiger partial charge in [0.2, 0.25) is 6.29 Å². The minimum Gasteiger partial charge on any atom is -0.481 e. The van der Waals surface area contributed by atoms with Gasteiger partial charge in [0.1, 0.15) is 35.7 Å². The van der Waals surface area contributed by atoms with Crippen LogP contribution >= 0.6 is 0 Å². The van der Waals surface area contributed by atoms with Gasteiger partial charge in [-0.3, -0.25) is 4.79 Å². The van der Waals surface area contributed by atoms with Gasteiger partial charge >= 0.3 is 11.6 Å². The maximum Gasteiger partial charge on any atom is 0.336 e. The number of carboxylic acids is 1. The Labute approximate surface area is 159 Å². The van der Waals surface area contributed by atoms with E-state index in [1.807, 2.05) is 0 Å². The largest absolute Gasteiger partial charge is 0.481 e. The lowest BCUT2D eigenvalue weighted by atomic mass is 9.99. The smallest absolute Gasteiger partial charge is 0.336 e. The van der Waals surface area contributed by atoms with Crippen LogP contribution in [0.25, 0.3) is 11.0 Å². The maximum absolute atomic E-state index is 11.6. The number of hydrogen-bond acceptors (Lipinski definition) is 9. The molecule has 10 nitrogen and oxygen atoms in total. The Hall–Kier alpha value is -2.50. The molecule has 28 heavy (non-hydrogen) atoms. The van der Waals surface area contributed by atoms with Crippen LogP contribution in [0.15, 0.2) is 33.5 Å². The van der Waals surface area contributed by atoms with Crippen molar-refractivity contribution in [1.82, 2.24) is 0 Å². The Kier molecular flexibility index (Phi) is 6.75. The van der Waals surface area contributed by atoms with Gasteiger partial charge in [-0.25, -0.2) is 4.79 Å². The van der Waals surface area contributed by atoms with E-state index in [1.54, 1.807) is 0 Å². The third-order valence-corrected chi connectivity index (χ3v) is 4.24. The lowest BCUT2D eigenvalue weighted by molar-refractivity contribution is -0.277. The van der Waals surface area contributed by atoms with Crippen LogP contribution in [-0.2, 0) is 16.0 Å². The summed E-state index contributed by atoms with van der Waals surface area (Å²) in [4.78, 5) is 22.6. The molecule has 0 radical (unpaired) electrons. The highest BCUT2D eigenvalue weighted by Crippen LogP contribution is 2.27. The van der Waals surface area contributed by atoms with Gasteiger partial charge in [-0.05, 0) is 17.7 Å². The fourth-order valence-corrected chi connectivity index (χ4v) is 2.89. The Morgan fingerprint density at radius 3 is 2.46 bits per heavy atom. The maximum atomic E-state index is 11.6. The van der Waals surface area contributed by atoms with Gasteiger partial charge in [0.15, 0.2) is 0 Å². The molecule has 10 heteroatoms. The molecule has 2 aromatic rings. The van der Waals surface area contributed by atoms with E-state index in [0.29, 0.717) is 5.39 Å². The molecule has 5 N–H and O–H groups in total. The molecule has 0 spiro atoms. The number of rotatable bonds is 5. The Balaban J connectivity index is 0.00000280. The number of aliphatic carboxylic acids is 1. The van der Waals surface area contributed by atoms with Crippen LogP contribution in [0.1, 0.15) is 13.0 Å². The third kappa shape index (κ3) is 4.32. The van der Waals surface area contributed by atoms with Crippen LogP contribution in [0, 0.1) is 0 Å². The van der Waals surface area contributed by atoms with E-state index < -0.39 is 48.9 Å². The monoisotopic (exact) mass is 398 g/mol. The van der Waals surface area contributed by atoms with Crippen molar-refractivity contribution in [3.63, 3.8) is 0 Å². The molecule has 0 aliphatic carbocycles. The first-order valence-electron chi connectivity index (χ1n) is 8.06. The number of benzene rings is 1. The summed E-state index contributed by atoms with van der Waals surface area (Å²) in [6.45, 7) is -0.601. The molecule has 5 unspecified atom stereocenters. The molecule has 1 aliphatic heterocycles. The number of aliphatic hydroxyl groups excluding tert-OH is 4. The molecule has 1 aliphatic rings. The number of aliphatic hydroxyl groups is 4. The van der Waals surface area contributed by atoms with Crippen molar-refractivity contribution in [3.05, 3.63) is 40.2 Å². The van der Waals surface area contributed by atoms with Gasteiger partial charge < -0.3 is 39.4 Å². The van der Waals surface area contributed by atoms with Crippen LogP contribution < -0.4 is 10.4 Å². The first kappa shape index (κ1) is 21.8. The van der Waals surface area contributed by atoms with Crippen LogP contribution in [-0.4, -0.2) is 68.8 Å². The molecule has 0 bridgehead atoms. The standard InChI is InChI=1S/C17H18O10.CH4/c18-6-11-14(22)15(23)16(24)17(27-11)25-8-1-2-9-7(3-12(19)20)4-13(21)26-10(9)5-8;/h1-2,4-5,11,14-18,22-24H,3,6H2,(H,19,20);1H4. The van der Waals surface area contributed by atoms with Gasteiger partial charge in [0.25, 0.3) is 0 Å². The lowest BCUT2D eigenvalue weighted by Gasteiger charge is -2.39. The van der Waals surface area contributed by atoms with E-state index >= 15 is 0 Å². The quantitative estimate of drug-likeness (QED) is 0.404. The summed E-state index contributed by atoms with van der Waals surface area (Å²) in [6.07, 6.45) is -7.60. The molecule has 3 rings (SSSR count). The summed E-state index contributed by atoms with van der Waals surface area (Å²) < 4.78 is 15.8. The lowest BCUT2D eigenvalue weighted by Crippen LogP contribution is -2.60. The van der Waals surface area contributed by atoms with Crippen molar-refractivity contribution in [2.45, 2.75) is 44.6 Å². The predicted molar refractivity (Wildman–Crippen MR) is 95.0 cm³/mol. The van der Waals surface area contributed by atoms with Crippen LogP contribution in [0.3, 0.4) is 0 Å². The summed E-state index contributed by atoms with van der Waals surface area (Å²) in [5.41, 5.74) is -0.391. The van der Waals surface area contributed by atoms with Crippen molar-refractivity contribution in [3.8, 4) is 5.75 Å². The van der Waals surface area contributed by atoms with Crippen molar-refractivity contribution in [2.24, 2.45) is 0 Å². The third-order valence-electron chi connectivity index (χ3n) is 4.24. The van der Waals surface area contributed by atoms with E-state index in [4.69, 9.17) is 19.0 Å². The van der Waals surface area contributed by atoms with Gasteiger partial charge in [0.05, 0.1) is 13.0 Å². The van der Waals surface area contributed by atoms with Crippen molar-refractivity contribution < 1.29 is 44.2 Å². The second-order valence-corrected chi connectivity index (χ2v) is 6.13. The molecular formula is C18H22O10. The zero-order valence-electron chi connectivity index (χ0n) is 13.9. The Morgan fingerprint density at radius 2 is 1.82 bits per heavy atom. The summed E-state index contributed by atoms with van der Waals surface area (Å²) >= 11 is 0. The first-order valence-corrected chi connectivity index (χ1v) is 8.06. The fourth-order valence-electron chi connectivity index (χ4n) is 2.89. The molecule has 0 saturated carbocycles. The van der Waals surface area contributed by atoms with E-state index in [9.17, 15) is 30.0 Å². The van der Waals surface area contributed by atoms with Crippen molar-refractivity contribution >= 4 is 16.9 Å². The highest BCUT2D eigenvalue weighted by Gasteiger charge is 2.44. The Morgan fingerprint density at radius 1 is 1.11 bits per heavy atom. The highest BCUT2D eigenvalue weighted by molar-refractivity contribution is 5.85. The molecule has 1 aromatic heterocycles. The fraction of sp³-hybridized carbons (Fsp3) is 0.444. The average molecular weight is 398 g/mol. The number of carboxylic acid groups (broad SMARTS) is 1. The van der Waals surface area contributed by atoms with E-state index in [2.05, 4.69) is 0 Å². The molecule has 5 atom stereocenters. The molecule has 1 fully saturated rings. The second-order valence-electron chi connectivity index (χ2n) is 6.13. The molecule has 154 valence electrons. The average Bonchev–Trinajstić information content (AvgIpc) is 2.61. The Bertz CT molecular complexity index is 890. The van der Waals surface area contributed by atoms with E-state index in [1.165, 1.54) is 18.2 Å². The summed E-state index contributed by atoms with van der Waals surface area (Å²) in [6, 6.07) is 5.32. The number of carbonyl (C=O) groups is 1. The SMILES string of the molecule is C.O=C(O)Cc1cc(=O)oc2cc(OC3OC(CO)C(O)C(O)C3O)ccc12. The van der Waals surface area contributed by atoms with Gasteiger partial charge in [-0.2, -0.15) is 0 Å². The molecule has 0 amide bonds. The van der Waals surface area contributed by atoms with Crippen LogP contribution in [0.4, 0.5) is 0 Å². The zero-order chi connectivity index (χ0) is 19.7. The van der Waals surface area contributed by atoms with Crippen LogP contribution in [0.2, 0.25) is 0 Å². The molecule has 1 aromatic carbocycles. The highest BCUT2D eigenvalue weighted by atomic mass is 16.7. The minimum atomic E-state index is -1.60. The number of ether oxygens (including phenoxy) is 2. The minimum absolute atomic E-state index is 0. The number of hydrogen-bond donors (Lipinski definition) is 5. The van der Waals surface area contributed by atoms with E-state index in [0.717, 1.165) is 6.07 Å². The normalized spacial score (nSPS) is 27.2. The number of fused-ring (bicyclic) bond motifs is 1. The van der Waals surface area contributed by atoms with Crippen molar-refractivity contribution in [1.29, 1.82) is 0 Å². The van der Waals surface area contributed by atoms with Gasteiger partial charge in [-0.1, -0.05) is 7.43 Å². The topological polar surface area (TPSA) is 167 Å². The predicted octanol–water partition coefficient (Wildman–Crippen LogP) is -0.765. The van der Waals surface area contributed by atoms with Crippen LogP contribution in [0.5, 0.6) is 5.75 Å². The zero-order valence-corrected chi connectivity index (χ0v) is 13.9. The molecule has 1 saturated heterocycles. The summed E-state index contributed by atoms with van der Waals surface area (Å²) in [5.74, 6) is -1.01. The van der Waals surface area contributed by atoms with Gasteiger partial charge in [0, 0.05) is 17.5 Å². The first-order chi connectivity index (χ1) is 12.8. The second kappa shape index (κ2) is 8.67.